The molecule has 0 saturated carbocycles. The third-order valence-corrected chi connectivity index (χ3v) is 4.03. The second-order valence-corrected chi connectivity index (χ2v) is 5.64. The lowest BCUT2D eigenvalue weighted by Crippen LogP contribution is -2.48. The maximum absolute atomic E-state index is 12.1. The van der Waals surface area contributed by atoms with E-state index in [9.17, 15) is 4.79 Å². The molecule has 1 aromatic rings. The van der Waals surface area contributed by atoms with E-state index in [-0.39, 0.29) is 17.8 Å². The van der Waals surface area contributed by atoms with Crippen molar-refractivity contribution in [1.82, 2.24) is 25.8 Å². The van der Waals surface area contributed by atoms with Crippen molar-refractivity contribution in [3.8, 4) is 0 Å². The van der Waals surface area contributed by atoms with Crippen molar-refractivity contribution in [2.75, 3.05) is 0 Å². The van der Waals surface area contributed by atoms with Crippen LogP contribution >= 0.6 is 0 Å². The molecule has 3 rings (SSSR count). The number of rotatable bonds is 4. The minimum atomic E-state index is -0.148. The highest BCUT2D eigenvalue weighted by Crippen LogP contribution is 2.26. The lowest BCUT2D eigenvalue weighted by Gasteiger charge is -2.29. The van der Waals surface area contributed by atoms with Gasteiger partial charge in [0, 0.05) is 24.5 Å². The minimum Gasteiger partial charge on any atom is -0.346 e. The lowest BCUT2D eigenvalue weighted by molar-refractivity contribution is 0.0913. The van der Waals surface area contributed by atoms with Gasteiger partial charge >= 0.3 is 0 Å². The zero-order valence-electron chi connectivity index (χ0n) is 11.3. The van der Waals surface area contributed by atoms with E-state index < -0.39 is 0 Å². The summed E-state index contributed by atoms with van der Waals surface area (Å²) in [4.78, 5) is 16.3. The van der Waals surface area contributed by atoms with E-state index >= 15 is 0 Å². The largest absolute Gasteiger partial charge is 0.346 e. The molecule has 0 radical (unpaired) electrons. The fourth-order valence-corrected chi connectivity index (χ4v) is 3.17. The molecule has 2 bridgehead atoms. The van der Waals surface area contributed by atoms with Gasteiger partial charge in [-0.05, 0) is 32.1 Å². The smallest absolute Gasteiger partial charge is 0.291 e. The van der Waals surface area contributed by atoms with E-state index in [0.717, 1.165) is 31.5 Å². The second-order valence-electron chi connectivity index (χ2n) is 5.64. The summed E-state index contributed by atoms with van der Waals surface area (Å²) in [6, 6.07) is 1.41. The van der Waals surface area contributed by atoms with E-state index in [4.69, 9.17) is 0 Å². The molecule has 0 spiro atoms. The Morgan fingerprint density at radius 1 is 1.37 bits per heavy atom. The molecule has 6 nitrogen and oxygen atoms in total. The van der Waals surface area contributed by atoms with Crippen LogP contribution in [0.5, 0.6) is 0 Å². The molecule has 104 valence electrons. The van der Waals surface area contributed by atoms with Crippen LogP contribution in [0.3, 0.4) is 0 Å². The number of nitrogens with zero attached hydrogens (tertiary/aromatic N) is 2. The van der Waals surface area contributed by atoms with Crippen molar-refractivity contribution in [2.24, 2.45) is 0 Å². The summed E-state index contributed by atoms with van der Waals surface area (Å²) in [5.74, 6) is 0.914. The molecule has 3 heterocycles. The molecule has 0 aliphatic carbocycles. The Hall–Kier alpha value is -1.43. The number of aryl methyl sites for hydroxylation is 1. The summed E-state index contributed by atoms with van der Waals surface area (Å²) in [6.07, 6.45) is 6.34. The standard InChI is InChI=1S/C13H21N5O/c1-2-3-11-16-12(18-17-11)13(19)15-10-6-8-4-5-9(7-10)14-8/h8-10,14H,2-7H2,1H3,(H,15,19)(H,16,17,18). The Morgan fingerprint density at radius 3 is 2.79 bits per heavy atom. The molecule has 1 amide bonds. The van der Waals surface area contributed by atoms with E-state index in [1.54, 1.807) is 0 Å². The van der Waals surface area contributed by atoms with Crippen LogP contribution in [0.1, 0.15) is 55.5 Å². The molecule has 0 aromatic carbocycles. The van der Waals surface area contributed by atoms with Crippen LogP contribution in [0.25, 0.3) is 0 Å². The van der Waals surface area contributed by atoms with E-state index in [2.05, 4.69) is 32.7 Å². The maximum atomic E-state index is 12.1. The number of nitrogens with one attached hydrogen (secondary N) is 3. The molecule has 6 heteroatoms. The number of carbonyl (C=O) groups excluding carboxylic acids is 1. The Labute approximate surface area is 112 Å². The number of carbonyl (C=O) groups is 1. The average molecular weight is 263 g/mol. The predicted octanol–water partition coefficient (Wildman–Crippen LogP) is 0.770. The van der Waals surface area contributed by atoms with Gasteiger partial charge in [0.05, 0.1) is 0 Å². The predicted molar refractivity (Wildman–Crippen MR) is 70.8 cm³/mol. The first kappa shape index (κ1) is 12.6. The van der Waals surface area contributed by atoms with Crippen LogP contribution in [0.2, 0.25) is 0 Å². The van der Waals surface area contributed by atoms with E-state index in [1.165, 1.54) is 12.8 Å². The molecule has 2 saturated heterocycles. The van der Waals surface area contributed by atoms with Crippen LogP contribution in [-0.4, -0.2) is 39.2 Å². The number of piperidine rings is 1. The molecule has 3 N–H and O–H groups in total. The third-order valence-electron chi connectivity index (χ3n) is 4.03. The summed E-state index contributed by atoms with van der Waals surface area (Å²) in [6.45, 7) is 2.08. The van der Waals surface area contributed by atoms with E-state index in [0.29, 0.717) is 12.1 Å². The summed E-state index contributed by atoms with van der Waals surface area (Å²) in [5.41, 5.74) is 0. The monoisotopic (exact) mass is 263 g/mol. The molecule has 2 atom stereocenters. The van der Waals surface area contributed by atoms with Crippen LogP contribution < -0.4 is 10.6 Å². The maximum Gasteiger partial charge on any atom is 0.291 e. The second kappa shape index (κ2) is 5.28. The van der Waals surface area contributed by atoms with Gasteiger partial charge in [-0.3, -0.25) is 9.89 Å². The SMILES string of the molecule is CCCc1nc(C(=O)NC2CC3CCC(C2)N3)n[nH]1. The minimum absolute atomic E-state index is 0.148. The number of aromatic amines is 1. The van der Waals surface area contributed by atoms with Crippen molar-refractivity contribution < 1.29 is 4.79 Å². The normalized spacial score (nSPS) is 29.4. The Kier molecular flexibility index (Phi) is 3.50. The van der Waals surface area contributed by atoms with Gasteiger partial charge in [0.2, 0.25) is 5.82 Å². The number of aromatic nitrogens is 3. The van der Waals surface area contributed by atoms with Crippen LogP contribution in [0.4, 0.5) is 0 Å². The number of hydrogen-bond acceptors (Lipinski definition) is 4. The highest BCUT2D eigenvalue weighted by Gasteiger charge is 2.34. The molecule has 2 aliphatic rings. The van der Waals surface area contributed by atoms with Crippen LogP contribution in [-0.2, 0) is 6.42 Å². The first-order chi connectivity index (χ1) is 9.24. The van der Waals surface area contributed by atoms with Crippen molar-refractivity contribution in [2.45, 2.75) is 63.6 Å². The highest BCUT2D eigenvalue weighted by atomic mass is 16.2. The fourth-order valence-electron chi connectivity index (χ4n) is 3.17. The van der Waals surface area contributed by atoms with Crippen molar-refractivity contribution >= 4 is 5.91 Å². The summed E-state index contributed by atoms with van der Waals surface area (Å²) < 4.78 is 0. The van der Waals surface area contributed by atoms with Gasteiger partial charge in [0.15, 0.2) is 0 Å². The van der Waals surface area contributed by atoms with Gasteiger partial charge in [0.1, 0.15) is 5.82 Å². The quantitative estimate of drug-likeness (QED) is 0.749. The number of amides is 1. The molecule has 2 unspecified atom stereocenters. The first-order valence-electron chi connectivity index (χ1n) is 7.22. The zero-order valence-corrected chi connectivity index (χ0v) is 11.3. The first-order valence-corrected chi connectivity index (χ1v) is 7.22. The van der Waals surface area contributed by atoms with Gasteiger partial charge in [-0.25, -0.2) is 4.98 Å². The fraction of sp³-hybridized carbons (Fsp3) is 0.769. The van der Waals surface area contributed by atoms with Crippen molar-refractivity contribution in [3.05, 3.63) is 11.6 Å². The van der Waals surface area contributed by atoms with Gasteiger partial charge in [-0.1, -0.05) is 6.92 Å². The Bertz CT molecular complexity index is 446. The molecule has 2 fully saturated rings. The topological polar surface area (TPSA) is 82.7 Å². The summed E-state index contributed by atoms with van der Waals surface area (Å²) in [7, 11) is 0. The molecule has 1 aromatic heterocycles. The van der Waals surface area contributed by atoms with Gasteiger partial charge < -0.3 is 10.6 Å². The summed E-state index contributed by atoms with van der Waals surface area (Å²) in [5, 5.41) is 13.4. The Balaban J connectivity index is 1.58. The Morgan fingerprint density at radius 2 is 2.11 bits per heavy atom. The average Bonchev–Trinajstić information content (AvgIpc) is 2.97. The molecule has 19 heavy (non-hydrogen) atoms. The molecular weight excluding hydrogens is 242 g/mol. The van der Waals surface area contributed by atoms with Gasteiger partial charge in [-0.15, -0.1) is 5.10 Å². The van der Waals surface area contributed by atoms with Gasteiger partial charge in [-0.2, -0.15) is 0 Å². The van der Waals surface area contributed by atoms with Crippen molar-refractivity contribution in [1.29, 1.82) is 0 Å². The van der Waals surface area contributed by atoms with Crippen LogP contribution in [0, 0.1) is 0 Å². The van der Waals surface area contributed by atoms with E-state index in [1.807, 2.05) is 0 Å². The molecule has 2 aliphatic heterocycles. The number of fused-ring (bicyclic) bond motifs is 2. The van der Waals surface area contributed by atoms with Crippen molar-refractivity contribution in [3.63, 3.8) is 0 Å². The highest BCUT2D eigenvalue weighted by molar-refractivity contribution is 5.90. The zero-order chi connectivity index (χ0) is 13.2. The number of H-pyrrole nitrogens is 1. The summed E-state index contributed by atoms with van der Waals surface area (Å²) >= 11 is 0. The molecular formula is C13H21N5O. The number of hydrogen-bond donors (Lipinski definition) is 3. The lowest BCUT2D eigenvalue weighted by atomic mass is 10.00. The van der Waals surface area contributed by atoms with Crippen LogP contribution in [0.15, 0.2) is 0 Å². The van der Waals surface area contributed by atoms with Gasteiger partial charge in [0.25, 0.3) is 5.91 Å². The third kappa shape index (κ3) is 2.78.